The van der Waals surface area contributed by atoms with E-state index in [-0.39, 0.29) is 17.4 Å². The van der Waals surface area contributed by atoms with Crippen LogP contribution in [0.3, 0.4) is 0 Å². The Morgan fingerprint density at radius 2 is 1.64 bits per heavy atom. The molecule has 4 heteroatoms. The number of hydrogen-bond acceptors (Lipinski definition) is 3. The van der Waals surface area contributed by atoms with Crippen LogP contribution >= 0.6 is 0 Å². The molecule has 0 spiro atoms. The molecule has 0 aliphatic rings. The van der Waals surface area contributed by atoms with E-state index in [9.17, 15) is 15.0 Å². The highest BCUT2D eigenvalue weighted by Gasteiger charge is 2.05. The lowest BCUT2D eigenvalue weighted by Crippen LogP contribution is -2.23. The number of carbonyl (C=O) groups is 1. The Bertz CT molecular complexity index is 660. The number of nitrogens with one attached hydrogen (secondary N) is 1. The molecule has 0 unspecified atom stereocenters. The van der Waals surface area contributed by atoms with Crippen molar-refractivity contribution in [1.82, 2.24) is 5.32 Å². The number of phenolic OH excluding ortho intramolecular Hbond substituents is 2. The van der Waals surface area contributed by atoms with Crippen LogP contribution in [0, 0.1) is 13.8 Å². The van der Waals surface area contributed by atoms with E-state index in [1.54, 1.807) is 6.07 Å². The summed E-state index contributed by atoms with van der Waals surface area (Å²) >= 11 is 0. The van der Waals surface area contributed by atoms with Crippen molar-refractivity contribution >= 4 is 5.91 Å². The van der Waals surface area contributed by atoms with Gasteiger partial charge in [0.2, 0.25) is 5.91 Å². The van der Waals surface area contributed by atoms with E-state index in [2.05, 4.69) is 23.5 Å². The van der Waals surface area contributed by atoms with Crippen molar-refractivity contribution in [3.8, 4) is 11.5 Å². The monoisotopic (exact) mass is 299 g/mol. The molecule has 0 bridgehead atoms. The number of phenols is 2. The third-order valence-electron chi connectivity index (χ3n) is 3.45. The Hall–Kier alpha value is -2.49. The molecule has 22 heavy (non-hydrogen) atoms. The highest BCUT2D eigenvalue weighted by atomic mass is 16.3. The largest absolute Gasteiger partial charge is 0.504 e. The molecule has 116 valence electrons. The number of hydrogen-bond donors (Lipinski definition) is 3. The summed E-state index contributed by atoms with van der Waals surface area (Å²) in [6.07, 6.45) is 0.863. The average molecular weight is 299 g/mol. The van der Waals surface area contributed by atoms with Crippen molar-refractivity contribution in [3.63, 3.8) is 0 Å². The summed E-state index contributed by atoms with van der Waals surface area (Å²) in [7, 11) is 0. The van der Waals surface area contributed by atoms with Crippen LogP contribution in [-0.2, 0) is 17.8 Å². The van der Waals surface area contributed by atoms with Crippen LogP contribution in [0.5, 0.6) is 11.5 Å². The van der Waals surface area contributed by atoms with Crippen molar-refractivity contribution in [1.29, 1.82) is 0 Å². The van der Waals surface area contributed by atoms with E-state index in [0.29, 0.717) is 19.4 Å². The fourth-order valence-electron chi connectivity index (χ4n) is 2.44. The van der Waals surface area contributed by atoms with Crippen LogP contribution in [-0.4, -0.2) is 16.1 Å². The molecule has 0 radical (unpaired) electrons. The smallest absolute Gasteiger partial charge is 0.220 e. The zero-order chi connectivity index (χ0) is 16.1. The molecule has 0 aromatic heterocycles. The van der Waals surface area contributed by atoms with Gasteiger partial charge in [-0.15, -0.1) is 0 Å². The van der Waals surface area contributed by atoms with Gasteiger partial charge in [-0.3, -0.25) is 4.79 Å². The SMILES string of the molecule is Cc1cc(C)cc(CNC(=O)CCc2ccc(O)c(O)c2)c1. The second-order valence-electron chi connectivity index (χ2n) is 5.60. The van der Waals surface area contributed by atoms with Gasteiger partial charge in [0.15, 0.2) is 11.5 Å². The van der Waals surface area contributed by atoms with Gasteiger partial charge in [0, 0.05) is 13.0 Å². The Kier molecular flexibility index (Phi) is 5.04. The summed E-state index contributed by atoms with van der Waals surface area (Å²) < 4.78 is 0. The first kappa shape index (κ1) is 15.9. The second kappa shape index (κ2) is 6.98. The summed E-state index contributed by atoms with van der Waals surface area (Å²) in [5.41, 5.74) is 4.28. The molecule has 0 atom stereocenters. The first-order valence-corrected chi connectivity index (χ1v) is 7.29. The summed E-state index contributed by atoms with van der Waals surface area (Å²) in [5.74, 6) is -0.345. The van der Waals surface area contributed by atoms with Gasteiger partial charge in [0.1, 0.15) is 0 Å². The number of amides is 1. The van der Waals surface area contributed by atoms with E-state index < -0.39 is 0 Å². The third kappa shape index (κ3) is 4.52. The first-order valence-electron chi connectivity index (χ1n) is 7.29. The quantitative estimate of drug-likeness (QED) is 0.743. The van der Waals surface area contributed by atoms with Crippen LogP contribution in [0.15, 0.2) is 36.4 Å². The zero-order valence-corrected chi connectivity index (χ0v) is 12.9. The number of aryl methyl sites for hydroxylation is 3. The van der Waals surface area contributed by atoms with E-state index in [4.69, 9.17) is 0 Å². The fraction of sp³-hybridized carbons (Fsp3) is 0.278. The van der Waals surface area contributed by atoms with E-state index >= 15 is 0 Å². The molecule has 2 aromatic rings. The maximum Gasteiger partial charge on any atom is 0.220 e. The van der Waals surface area contributed by atoms with Gasteiger partial charge >= 0.3 is 0 Å². The van der Waals surface area contributed by atoms with Crippen molar-refractivity contribution in [3.05, 3.63) is 58.7 Å². The van der Waals surface area contributed by atoms with Gasteiger partial charge in [-0.05, 0) is 43.5 Å². The Morgan fingerprint density at radius 3 is 2.27 bits per heavy atom. The molecule has 0 saturated carbocycles. The van der Waals surface area contributed by atoms with E-state index in [1.165, 1.54) is 23.3 Å². The molecular weight excluding hydrogens is 278 g/mol. The Balaban J connectivity index is 1.84. The summed E-state index contributed by atoms with van der Waals surface area (Å²) in [6, 6.07) is 10.8. The molecule has 1 amide bonds. The number of rotatable bonds is 5. The van der Waals surface area contributed by atoms with Crippen molar-refractivity contribution in [2.45, 2.75) is 33.2 Å². The second-order valence-corrected chi connectivity index (χ2v) is 5.60. The molecule has 0 heterocycles. The number of aromatic hydroxyl groups is 2. The molecular formula is C18H21NO3. The van der Waals surface area contributed by atoms with Crippen LogP contribution < -0.4 is 5.32 Å². The summed E-state index contributed by atoms with van der Waals surface area (Å²) in [5, 5.41) is 21.6. The van der Waals surface area contributed by atoms with Crippen molar-refractivity contribution in [2.75, 3.05) is 0 Å². The van der Waals surface area contributed by atoms with Gasteiger partial charge in [0.05, 0.1) is 0 Å². The van der Waals surface area contributed by atoms with Crippen LogP contribution in [0.25, 0.3) is 0 Å². The highest BCUT2D eigenvalue weighted by Crippen LogP contribution is 2.25. The molecule has 2 rings (SSSR count). The number of benzene rings is 2. The predicted molar refractivity (Wildman–Crippen MR) is 85.9 cm³/mol. The van der Waals surface area contributed by atoms with Gasteiger partial charge in [-0.2, -0.15) is 0 Å². The molecule has 3 N–H and O–H groups in total. The first-order chi connectivity index (χ1) is 10.4. The fourth-order valence-corrected chi connectivity index (χ4v) is 2.44. The van der Waals surface area contributed by atoms with Gasteiger partial charge < -0.3 is 15.5 Å². The minimum Gasteiger partial charge on any atom is -0.504 e. The third-order valence-corrected chi connectivity index (χ3v) is 3.45. The molecule has 0 saturated heterocycles. The Morgan fingerprint density at radius 1 is 0.955 bits per heavy atom. The normalized spacial score (nSPS) is 10.5. The topological polar surface area (TPSA) is 69.6 Å². The zero-order valence-electron chi connectivity index (χ0n) is 12.9. The molecule has 4 nitrogen and oxygen atoms in total. The predicted octanol–water partition coefficient (Wildman–Crippen LogP) is 2.96. The van der Waals surface area contributed by atoms with E-state index in [0.717, 1.165) is 11.1 Å². The molecule has 2 aromatic carbocycles. The lowest BCUT2D eigenvalue weighted by Gasteiger charge is -2.08. The molecule has 0 aliphatic heterocycles. The van der Waals surface area contributed by atoms with Crippen LogP contribution in [0.1, 0.15) is 28.7 Å². The lowest BCUT2D eigenvalue weighted by molar-refractivity contribution is -0.121. The van der Waals surface area contributed by atoms with Crippen molar-refractivity contribution in [2.24, 2.45) is 0 Å². The Labute approximate surface area is 130 Å². The van der Waals surface area contributed by atoms with Gasteiger partial charge in [0.25, 0.3) is 0 Å². The minimum atomic E-state index is -0.159. The standard InChI is InChI=1S/C18H21NO3/c1-12-7-13(2)9-15(8-12)11-19-18(22)6-4-14-3-5-16(20)17(21)10-14/h3,5,7-10,20-21H,4,6,11H2,1-2H3,(H,19,22). The average Bonchev–Trinajstić information content (AvgIpc) is 2.45. The van der Waals surface area contributed by atoms with Crippen LogP contribution in [0.4, 0.5) is 0 Å². The maximum atomic E-state index is 11.9. The maximum absolute atomic E-state index is 11.9. The van der Waals surface area contributed by atoms with Gasteiger partial charge in [-0.1, -0.05) is 35.4 Å². The van der Waals surface area contributed by atoms with Crippen molar-refractivity contribution < 1.29 is 15.0 Å². The highest BCUT2D eigenvalue weighted by molar-refractivity contribution is 5.76. The summed E-state index contributed by atoms with van der Waals surface area (Å²) in [6.45, 7) is 4.59. The van der Waals surface area contributed by atoms with E-state index in [1.807, 2.05) is 13.8 Å². The minimum absolute atomic E-state index is 0.0354. The lowest BCUT2D eigenvalue weighted by atomic mass is 10.1. The van der Waals surface area contributed by atoms with Crippen LogP contribution in [0.2, 0.25) is 0 Å². The molecule has 0 aliphatic carbocycles. The summed E-state index contributed by atoms with van der Waals surface area (Å²) in [4.78, 5) is 11.9. The molecule has 0 fully saturated rings. The van der Waals surface area contributed by atoms with Gasteiger partial charge in [-0.25, -0.2) is 0 Å². The number of carbonyl (C=O) groups excluding carboxylic acids is 1.